The molecule has 0 spiro atoms. The molecular formula is C23H27N5O3. The fourth-order valence-electron chi connectivity index (χ4n) is 2.77. The van der Waals surface area contributed by atoms with Crippen molar-refractivity contribution in [1.29, 1.82) is 0 Å². The number of guanidine groups is 1. The van der Waals surface area contributed by atoms with E-state index >= 15 is 0 Å². The van der Waals surface area contributed by atoms with E-state index in [9.17, 15) is 9.90 Å². The van der Waals surface area contributed by atoms with Crippen molar-refractivity contribution in [3.8, 4) is 5.75 Å². The van der Waals surface area contributed by atoms with Gasteiger partial charge in [0.05, 0.1) is 12.9 Å². The van der Waals surface area contributed by atoms with Crippen molar-refractivity contribution in [3.63, 3.8) is 0 Å². The number of carbonyl (C=O) groups excluding carboxylic acids is 1. The molecule has 3 aromatic rings. The Hall–Kier alpha value is -3.65. The molecule has 8 heteroatoms. The summed E-state index contributed by atoms with van der Waals surface area (Å²) in [6, 6.07) is 18.2. The first-order chi connectivity index (χ1) is 15.2. The number of para-hydroxylation sites is 1. The summed E-state index contributed by atoms with van der Waals surface area (Å²) in [4.78, 5) is 23.9. The van der Waals surface area contributed by atoms with Gasteiger partial charge in [0.1, 0.15) is 18.5 Å². The van der Waals surface area contributed by atoms with Gasteiger partial charge in [0, 0.05) is 24.0 Å². The number of H-pyrrole nitrogens is 1. The number of amides is 1. The van der Waals surface area contributed by atoms with E-state index in [4.69, 9.17) is 4.74 Å². The first-order valence-electron chi connectivity index (χ1n) is 10.2. The summed E-state index contributed by atoms with van der Waals surface area (Å²) in [5.74, 6) is 0.729. The second-order valence-electron chi connectivity index (χ2n) is 6.89. The maximum atomic E-state index is 12.5. The Labute approximate surface area is 181 Å². The van der Waals surface area contributed by atoms with Crippen molar-refractivity contribution in [2.24, 2.45) is 4.99 Å². The number of aromatic amines is 1. The Morgan fingerprint density at radius 1 is 1.13 bits per heavy atom. The molecule has 8 nitrogen and oxygen atoms in total. The highest BCUT2D eigenvalue weighted by Gasteiger charge is 2.10. The number of aryl methyl sites for hydroxylation is 1. The third-order valence-corrected chi connectivity index (χ3v) is 4.38. The molecule has 0 fully saturated rings. The smallest absolute Gasteiger partial charge is 0.257 e. The molecule has 1 atom stereocenters. The molecule has 0 bridgehead atoms. The van der Waals surface area contributed by atoms with Crippen molar-refractivity contribution in [2.75, 3.05) is 19.7 Å². The topological polar surface area (TPSA) is 112 Å². The van der Waals surface area contributed by atoms with E-state index in [-0.39, 0.29) is 19.1 Å². The van der Waals surface area contributed by atoms with Crippen LogP contribution in [0.2, 0.25) is 0 Å². The fourth-order valence-corrected chi connectivity index (χ4v) is 2.77. The van der Waals surface area contributed by atoms with Crippen molar-refractivity contribution >= 4 is 11.9 Å². The molecule has 1 aromatic heterocycles. The molecule has 162 valence electrons. The van der Waals surface area contributed by atoms with Crippen LogP contribution in [0.5, 0.6) is 5.75 Å². The van der Waals surface area contributed by atoms with E-state index < -0.39 is 6.10 Å². The van der Waals surface area contributed by atoms with Crippen LogP contribution in [0.15, 0.2) is 78.2 Å². The molecule has 0 saturated carbocycles. The van der Waals surface area contributed by atoms with Gasteiger partial charge >= 0.3 is 0 Å². The largest absolute Gasteiger partial charge is 0.491 e. The minimum atomic E-state index is -0.810. The zero-order chi connectivity index (χ0) is 21.7. The van der Waals surface area contributed by atoms with E-state index in [1.807, 2.05) is 36.4 Å². The summed E-state index contributed by atoms with van der Waals surface area (Å²) >= 11 is 0. The molecule has 1 amide bonds. The molecule has 3 rings (SSSR count). The lowest BCUT2D eigenvalue weighted by Gasteiger charge is -2.14. The Balaban J connectivity index is 1.53. The standard InChI is InChI=1S/C23H27N5O3/c29-20(16-31-21-11-5-2-6-12-21)15-26-23(25-13-7-10-19-14-24-17-27-19)28-22(30)18-8-3-1-4-9-18/h1-6,8-9,11-12,14,17,20,29H,7,10,13,15-16H2,(H,24,27)(H2,25,26,28,30). The molecule has 1 heterocycles. The fraction of sp³-hybridized carbons (Fsp3) is 0.261. The summed E-state index contributed by atoms with van der Waals surface area (Å²) in [6.45, 7) is 0.793. The first-order valence-corrected chi connectivity index (χ1v) is 10.2. The van der Waals surface area contributed by atoms with Gasteiger partial charge in [0.2, 0.25) is 0 Å². The number of hydrogen-bond acceptors (Lipinski definition) is 5. The molecule has 0 aliphatic heterocycles. The number of nitrogens with zero attached hydrogens (tertiary/aromatic N) is 2. The number of benzene rings is 2. The van der Waals surface area contributed by atoms with Gasteiger partial charge in [-0.2, -0.15) is 0 Å². The van der Waals surface area contributed by atoms with Crippen molar-refractivity contribution in [1.82, 2.24) is 20.6 Å². The summed E-state index contributed by atoms with van der Waals surface area (Å²) in [5, 5.41) is 16.2. The average molecular weight is 422 g/mol. The molecular weight excluding hydrogens is 394 g/mol. The lowest BCUT2D eigenvalue weighted by Crippen LogP contribution is -2.42. The van der Waals surface area contributed by atoms with Crippen LogP contribution in [-0.4, -0.2) is 52.7 Å². The van der Waals surface area contributed by atoms with Gasteiger partial charge < -0.3 is 20.1 Å². The number of aromatic nitrogens is 2. The van der Waals surface area contributed by atoms with Gasteiger partial charge in [-0.05, 0) is 37.1 Å². The number of aliphatic hydroxyl groups excluding tert-OH is 1. The molecule has 2 aromatic carbocycles. The SMILES string of the molecule is O=C(NC(=NCC(O)COc1ccccc1)NCCCc1cnc[nH]1)c1ccccc1. The monoisotopic (exact) mass is 421 g/mol. The molecule has 4 N–H and O–H groups in total. The second kappa shape index (κ2) is 12.1. The van der Waals surface area contributed by atoms with Crippen LogP contribution in [0.1, 0.15) is 22.5 Å². The van der Waals surface area contributed by atoms with E-state index in [1.165, 1.54) is 0 Å². The number of rotatable bonds is 10. The number of aliphatic imine (C=N–C) groups is 1. The maximum Gasteiger partial charge on any atom is 0.257 e. The van der Waals surface area contributed by atoms with E-state index in [2.05, 4.69) is 25.6 Å². The predicted octanol–water partition coefficient (Wildman–Crippen LogP) is 2.16. The summed E-state index contributed by atoms with van der Waals surface area (Å²) in [5.41, 5.74) is 1.57. The highest BCUT2D eigenvalue weighted by Crippen LogP contribution is 2.08. The highest BCUT2D eigenvalue weighted by atomic mass is 16.5. The van der Waals surface area contributed by atoms with Crippen LogP contribution in [0.3, 0.4) is 0 Å². The van der Waals surface area contributed by atoms with Crippen LogP contribution in [-0.2, 0) is 6.42 Å². The second-order valence-corrected chi connectivity index (χ2v) is 6.89. The zero-order valence-electron chi connectivity index (χ0n) is 17.2. The summed E-state index contributed by atoms with van der Waals surface area (Å²) in [7, 11) is 0. The minimum absolute atomic E-state index is 0.0881. The number of nitrogens with one attached hydrogen (secondary N) is 3. The first kappa shape index (κ1) is 22.0. The molecule has 0 aliphatic carbocycles. The highest BCUT2D eigenvalue weighted by molar-refractivity contribution is 6.05. The zero-order valence-corrected chi connectivity index (χ0v) is 17.2. The van der Waals surface area contributed by atoms with Crippen LogP contribution in [0.25, 0.3) is 0 Å². The minimum Gasteiger partial charge on any atom is -0.491 e. The molecule has 0 saturated heterocycles. The van der Waals surface area contributed by atoms with Crippen molar-refractivity contribution in [2.45, 2.75) is 18.9 Å². The van der Waals surface area contributed by atoms with Crippen LogP contribution >= 0.6 is 0 Å². The molecule has 0 aliphatic rings. The van der Waals surface area contributed by atoms with E-state index in [1.54, 1.807) is 36.8 Å². The number of ether oxygens (including phenoxy) is 1. The van der Waals surface area contributed by atoms with Gasteiger partial charge in [-0.15, -0.1) is 0 Å². The maximum absolute atomic E-state index is 12.5. The van der Waals surface area contributed by atoms with Crippen molar-refractivity contribution < 1.29 is 14.6 Å². The summed E-state index contributed by atoms with van der Waals surface area (Å²) < 4.78 is 5.55. The van der Waals surface area contributed by atoms with Crippen LogP contribution in [0, 0.1) is 0 Å². The molecule has 1 unspecified atom stereocenters. The Bertz CT molecular complexity index is 930. The Morgan fingerprint density at radius 2 is 1.87 bits per heavy atom. The Kier molecular flexibility index (Phi) is 8.63. The third-order valence-electron chi connectivity index (χ3n) is 4.38. The third kappa shape index (κ3) is 7.94. The predicted molar refractivity (Wildman–Crippen MR) is 119 cm³/mol. The normalized spacial score (nSPS) is 12.2. The van der Waals surface area contributed by atoms with Crippen molar-refractivity contribution in [3.05, 3.63) is 84.4 Å². The van der Waals surface area contributed by atoms with Gasteiger partial charge in [0.15, 0.2) is 5.96 Å². The van der Waals surface area contributed by atoms with E-state index in [0.717, 1.165) is 18.5 Å². The van der Waals surface area contributed by atoms with Gasteiger partial charge in [-0.1, -0.05) is 36.4 Å². The van der Waals surface area contributed by atoms with E-state index in [0.29, 0.717) is 23.8 Å². The lowest BCUT2D eigenvalue weighted by molar-refractivity contribution is 0.0974. The Morgan fingerprint density at radius 3 is 2.58 bits per heavy atom. The summed E-state index contributed by atoms with van der Waals surface area (Å²) in [6.07, 6.45) is 4.27. The number of imidazole rings is 1. The van der Waals surface area contributed by atoms with Gasteiger partial charge in [-0.25, -0.2) is 4.98 Å². The van der Waals surface area contributed by atoms with Gasteiger partial charge in [-0.3, -0.25) is 15.1 Å². The molecule has 0 radical (unpaired) electrons. The van der Waals surface area contributed by atoms with Crippen LogP contribution < -0.4 is 15.4 Å². The van der Waals surface area contributed by atoms with Gasteiger partial charge in [0.25, 0.3) is 5.91 Å². The molecule has 31 heavy (non-hydrogen) atoms. The van der Waals surface area contributed by atoms with Crippen LogP contribution in [0.4, 0.5) is 0 Å². The number of aliphatic hydroxyl groups is 1. The number of carbonyl (C=O) groups is 1. The number of hydrogen-bond donors (Lipinski definition) is 4. The lowest BCUT2D eigenvalue weighted by atomic mass is 10.2. The average Bonchev–Trinajstić information content (AvgIpc) is 3.33. The quantitative estimate of drug-likeness (QED) is 0.228.